The van der Waals surface area contributed by atoms with Crippen molar-refractivity contribution in [1.82, 2.24) is 0 Å². The molecule has 0 heterocycles. The number of halogens is 4. The Hall–Kier alpha value is -2.71. The Morgan fingerprint density at radius 1 is 1.23 bits per heavy atom. The van der Waals surface area contributed by atoms with E-state index < -0.39 is 47.7 Å². The topological polar surface area (TPSA) is 95.7 Å². The van der Waals surface area contributed by atoms with E-state index >= 15 is 0 Å². The van der Waals surface area contributed by atoms with Crippen LogP contribution in [0.5, 0.6) is 11.5 Å². The first kappa shape index (κ1) is 23.6. The summed E-state index contributed by atoms with van der Waals surface area (Å²) in [5.74, 6) is -1.35. The molecule has 0 amide bonds. The minimum atomic E-state index is -4.60. The first-order valence-electron chi connectivity index (χ1n) is 8.36. The summed E-state index contributed by atoms with van der Waals surface area (Å²) in [6.45, 7) is 3.03. The lowest BCUT2D eigenvalue weighted by Crippen LogP contribution is -2.25. The molecule has 2 atom stereocenters. The Bertz CT molecular complexity index is 1000. The summed E-state index contributed by atoms with van der Waals surface area (Å²) in [5, 5.41) is 9.57. The molecule has 0 saturated carbocycles. The van der Waals surface area contributed by atoms with E-state index in [2.05, 4.69) is 0 Å². The lowest BCUT2D eigenvalue weighted by atomic mass is 10.1. The van der Waals surface area contributed by atoms with Crippen LogP contribution >= 0.6 is 20.1 Å². The summed E-state index contributed by atoms with van der Waals surface area (Å²) in [4.78, 5) is 22.9. The Kier molecular flexibility index (Phi) is 7.05. The Morgan fingerprint density at radius 3 is 2.40 bits per heavy atom. The molecule has 0 saturated heterocycles. The SMILES string of the molecule is CCC(C)(OC(=O)c1cc(Oc2ccc(C(F)(F)F)cc2Cl)ccc1[N+](=O)[O-])[PH+]=O. The molecule has 0 aliphatic heterocycles. The smallest absolute Gasteiger partial charge is 0.416 e. The molecule has 0 fully saturated rings. The number of ether oxygens (including phenoxy) is 2. The van der Waals surface area contributed by atoms with Crippen LogP contribution in [-0.4, -0.2) is 16.2 Å². The van der Waals surface area contributed by atoms with E-state index in [1.807, 2.05) is 0 Å². The summed E-state index contributed by atoms with van der Waals surface area (Å²) < 4.78 is 60.1. The highest BCUT2D eigenvalue weighted by molar-refractivity contribution is 7.25. The number of benzene rings is 2. The predicted molar refractivity (Wildman–Crippen MR) is 103 cm³/mol. The number of nitro benzene ring substituents is 1. The molecule has 30 heavy (non-hydrogen) atoms. The average molecular weight is 465 g/mol. The highest BCUT2D eigenvalue weighted by Gasteiger charge is 2.37. The highest BCUT2D eigenvalue weighted by Crippen LogP contribution is 2.38. The van der Waals surface area contributed by atoms with Gasteiger partial charge in [0, 0.05) is 25.5 Å². The number of nitrogens with zero attached hydrogens (tertiary/aromatic N) is 1. The molecular formula is C18H15ClF3NO6P+. The van der Waals surface area contributed by atoms with Gasteiger partial charge < -0.3 is 9.47 Å². The second-order valence-corrected chi connectivity index (χ2v) is 7.93. The van der Waals surface area contributed by atoms with Gasteiger partial charge in [-0.3, -0.25) is 10.1 Å². The number of hydrogen-bond donors (Lipinski definition) is 0. The number of carbonyl (C=O) groups excluding carboxylic acids is 1. The van der Waals surface area contributed by atoms with Gasteiger partial charge in [-0.2, -0.15) is 13.2 Å². The van der Waals surface area contributed by atoms with E-state index in [-0.39, 0.29) is 22.9 Å². The lowest BCUT2D eigenvalue weighted by molar-refractivity contribution is -0.385. The van der Waals surface area contributed by atoms with Gasteiger partial charge in [0.1, 0.15) is 17.1 Å². The van der Waals surface area contributed by atoms with Gasteiger partial charge in [-0.05, 0) is 24.3 Å². The van der Waals surface area contributed by atoms with Gasteiger partial charge >= 0.3 is 20.6 Å². The van der Waals surface area contributed by atoms with Crippen molar-refractivity contribution in [3.8, 4) is 11.5 Å². The Balaban J connectivity index is 2.40. The van der Waals surface area contributed by atoms with E-state index in [1.165, 1.54) is 6.92 Å². The van der Waals surface area contributed by atoms with Crippen LogP contribution in [0.3, 0.4) is 0 Å². The largest absolute Gasteiger partial charge is 0.456 e. The third-order valence-corrected chi connectivity index (χ3v) is 5.26. The summed E-state index contributed by atoms with van der Waals surface area (Å²) >= 11 is 5.84. The highest BCUT2D eigenvalue weighted by atomic mass is 35.5. The zero-order valence-corrected chi connectivity index (χ0v) is 17.3. The normalized spacial score (nSPS) is 13.5. The van der Waals surface area contributed by atoms with Crippen molar-refractivity contribution in [3.63, 3.8) is 0 Å². The molecule has 0 N–H and O–H groups in total. The third-order valence-electron chi connectivity index (χ3n) is 4.08. The van der Waals surface area contributed by atoms with Crippen LogP contribution in [0, 0.1) is 10.1 Å². The van der Waals surface area contributed by atoms with Gasteiger partial charge in [-0.1, -0.05) is 23.1 Å². The van der Waals surface area contributed by atoms with Crippen molar-refractivity contribution in [1.29, 1.82) is 0 Å². The number of rotatable bonds is 7. The molecule has 0 aliphatic rings. The van der Waals surface area contributed by atoms with E-state index in [0.29, 0.717) is 6.07 Å². The second kappa shape index (κ2) is 8.97. The van der Waals surface area contributed by atoms with Gasteiger partial charge in [0.25, 0.3) is 11.0 Å². The standard InChI is InChI=1S/C18H14ClF3NO6P/c1-3-17(2,30-27)29-16(24)12-9-11(5-6-14(12)23(25)26)28-15-7-4-10(8-13(15)19)18(20,21)22/h4-9H,3H2,1-2H3/p+1. The van der Waals surface area contributed by atoms with Crippen LogP contribution in [0.2, 0.25) is 5.02 Å². The van der Waals surface area contributed by atoms with Gasteiger partial charge in [0.2, 0.25) is 0 Å². The number of nitro groups is 1. The Morgan fingerprint density at radius 2 is 1.90 bits per heavy atom. The zero-order valence-electron chi connectivity index (χ0n) is 15.6. The summed E-state index contributed by atoms with van der Waals surface area (Å²) in [6, 6.07) is 5.53. The maximum atomic E-state index is 12.7. The lowest BCUT2D eigenvalue weighted by Gasteiger charge is -2.15. The molecule has 2 unspecified atom stereocenters. The van der Waals surface area contributed by atoms with Crippen LogP contribution in [-0.2, 0) is 15.5 Å². The van der Waals surface area contributed by atoms with E-state index in [9.17, 15) is 32.6 Å². The molecule has 2 rings (SSSR count). The predicted octanol–water partition coefficient (Wildman–Crippen LogP) is 6.37. The van der Waals surface area contributed by atoms with E-state index in [1.54, 1.807) is 6.92 Å². The summed E-state index contributed by atoms with van der Waals surface area (Å²) in [6.07, 6.45) is -4.40. The Labute approximate surface area is 175 Å². The van der Waals surface area contributed by atoms with Crippen molar-refractivity contribution in [3.05, 3.63) is 62.7 Å². The number of esters is 1. The monoisotopic (exact) mass is 464 g/mol. The number of hydrogen-bond acceptors (Lipinski definition) is 6. The molecule has 2 aromatic rings. The molecule has 160 valence electrons. The van der Waals surface area contributed by atoms with Crippen molar-refractivity contribution in [2.24, 2.45) is 0 Å². The minimum Gasteiger partial charge on any atom is -0.456 e. The van der Waals surface area contributed by atoms with Crippen molar-refractivity contribution >= 4 is 31.7 Å². The van der Waals surface area contributed by atoms with Crippen LogP contribution in [0.15, 0.2) is 36.4 Å². The van der Waals surface area contributed by atoms with E-state index in [4.69, 9.17) is 21.1 Å². The number of alkyl halides is 3. The minimum absolute atomic E-state index is 0.100. The molecule has 12 heteroatoms. The fraction of sp³-hybridized carbons (Fsp3) is 0.278. The molecule has 0 aliphatic carbocycles. The van der Waals surface area contributed by atoms with Crippen molar-refractivity contribution in [2.75, 3.05) is 0 Å². The molecule has 0 spiro atoms. The molecule has 2 aromatic carbocycles. The third kappa shape index (κ3) is 5.46. The van der Waals surface area contributed by atoms with Crippen LogP contribution in [0.4, 0.5) is 18.9 Å². The quantitative estimate of drug-likeness (QED) is 0.204. The van der Waals surface area contributed by atoms with Gasteiger partial charge in [-0.15, -0.1) is 0 Å². The van der Waals surface area contributed by atoms with E-state index in [0.717, 1.165) is 30.3 Å². The second-order valence-electron chi connectivity index (χ2n) is 6.26. The van der Waals surface area contributed by atoms with Gasteiger partial charge in [-0.25, -0.2) is 4.79 Å². The van der Waals surface area contributed by atoms with Crippen molar-refractivity contribution in [2.45, 2.75) is 31.8 Å². The van der Waals surface area contributed by atoms with Crippen LogP contribution in [0.1, 0.15) is 36.2 Å². The molecule has 0 radical (unpaired) electrons. The average Bonchev–Trinajstić information content (AvgIpc) is 2.68. The van der Waals surface area contributed by atoms with Gasteiger partial charge in [0.15, 0.2) is 0 Å². The summed E-state index contributed by atoms with van der Waals surface area (Å²) in [5.41, 5.74) is -2.04. The maximum absolute atomic E-state index is 12.7. The zero-order chi connectivity index (χ0) is 22.7. The van der Waals surface area contributed by atoms with Crippen LogP contribution in [0.25, 0.3) is 0 Å². The van der Waals surface area contributed by atoms with Crippen molar-refractivity contribution < 1.29 is 36.9 Å². The first-order valence-corrected chi connectivity index (χ1v) is 9.64. The fourth-order valence-corrected chi connectivity index (χ4v) is 2.71. The fourth-order valence-electron chi connectivity index (χ4n) is 2.21. The first-order chi connectivity index (χ1) is 13.9. The summed E-state index contributed by atoms with van der Waals surface area (Å²) in [7, 11) is -1.01. The van der Waals surface area contributed by atoms with Crippen LogP contribution < -0.4 is 4.74 Å². The van der Waals surface area contributed by atoms with Gasteiger partial charge in [0.05, 0.1) is 15.5 Å². The molecule has 7 nitrogen and oxygen atoms in total. The number of carbonyl (C=O) groups is 1. The maximum Gasteiger partial charge on any atom is 0.416 e. The molecule has 0 aromatic heterocycles. The molecule has 0 bridgehead atoms. The molecular weight excluding hydrogens is 450 g/mol.